The van der Waals surface area contributed by atoms with Crippen LogP contribution < -0.4 is 5.32 Å². The first-order chi connectivity index (χ1) is 11.9. The van der Waals surface area contributed by atoms with Gasteiger partial charge < -0.3 is 9.87 Å². The lowest BCUT2D eigenvalue weighted by atomic mass is 9.97. The summed E-state index contributed by atoms with van der Waals surface area (Å²) in [6.45, 7) is 6.14. The molecule has 0 spiro atoms. The number of amidine groups is 1. The fourth-order valence-electron chi connectivity index (χ4n) is 2.74. The number of anilines is 1. The molecule has 0 aliphatic rings. The van der Waals surface area contributed by atoms with Gasteiger partial charge >= 0.3 is 0 Å². The third-order valence-electron chi connectivity index (χ3n) is 4.23. The Morgan fingerprint density at radius 3 is 2.40 bits per heavy atom. The third kappa shape index (κ3) is 5.51. The van der Waals surface area contributed by atoms with E-state index in [2.05, 4.69) is 48.4 Å². The molecular weight excluding hydrogens is 332 g/mol. The fourth-order valence-corrected chi connectivity index (χ4v) is 3.23. The molecule has 1 N–H and O–H groups in total. The van der Waals surface area contributed by atoms with Gasteiger partial charge in [0.1, 0.15) is 5.84 Å². The maximum atomic E-state index is 11.3. The Kier molecular flexibility index (Phi) is 6.91. The number of hydrogen-bond acceptors (Lipinski definition) is 3. The first-order valence-electron chi connectivity index (χ1n) is 8.39. The van der Waals surface area contributed by atoms with E-state index in [9.17, 15) is 8.76 Å². The molecule has 0 heterocycles. The molecule has 4 nitrogen and oxygen atoms in total. The summed E-state index contributed by atoms with van der Waals surface area (Å²) in [5, 5.41) is 3.27. The van der Waals surface area contributed by atoms with Crippen LogP contribution in [0.5, 0.6) is 0 Å². The van der Waals surface area contributed by atoms with Gasteiger partial charge in [0, 0.05) is 24.9 Å². The van der Waals surface area contributed by atoms with Crippen LogP contribution in [0.25, 0.3) is 0 Å². The van der Waals surface area contributed by atoms with Crippen LogP contribution in [0.1, 0.15) is 41.2 Å². The molecule has 0 fully saturated rings. The highest BCUT2D eigenvalue weighted by Crippen LogP contribution is 2.25. The molecule has 2 aromatic rings. The van der Waals surface area contributed by atoms with Crippen molar-refractivity contribution < 1.29 is 8.76 Å². The molecule has 1 atom stereocenters. The highest BCUT2D eigenvalue weighted by molar-refractivity contribution is 7.78. The zero-order valence-electron chi connectivity index (χ0n) is 15.3. The number of nitrogens with zero attached hydrogens (tertiary/aromatic N) is 1. The summed E-state index contributed by atoms with van der Waals surface area (Å²) in [5.74, 6) is 0.827. The van der Waals surface area contributed by atoms with Crippen molar-refractivity contribution in [3.05, 3.63) is 64.2 Å². The van der Waals surface area contributed by atoms with Crippen molar-refractivity contribution in [2.45, 2.75) is 39.4 Å². The molecule has 5 heteroatoms. The monoisotopic (exact) mass is 357 g/mol. The van der Waals surface area contributed by atoms with Crippen LogP contribution >= 0.6 is 0 Å². The zero-order valence-corrected chi connectivity index (χ0v) is 16.1. The van der Waals surface area contributed by atoms with Crippen LogP contribution in [0.4, 0.5) is 5.69 Å². The van der Waals surface area contributed by atoms with E-state index in [0.717, 1.165) is 41.1 Å². The molecule has 134 valence electrons. The van der Waals surface area contributed by atoms with Crippen LogP contribution in [0.15, 0.2) is 41.4 Å². The quantitative estimate of drug-likeness (QED) is 0.480. The minimum absolute atomic E-state index is 0.00970. The second-order valence-corrected chi connectivity index (χ2v) is 7.09. The third-order valence-corrected chi connectivity index (χ3v) is 4.78. The molecule has 2 rings (SSSR count). The number of aliphatic imine (C=N–C) groups is 1. The molecule has 0 amide bonds. The van der Waals surface area contributed by atoms with Crippen LogP contribution in [-0.4, -0.2) is 21.6 Å². The SMILES string of the molecule is CCC(=NC)Nc1cc(C)c(Cc2ccc(C)cc2)cc1CS(=O)[O-]. The molecule has 0 aliphatic carbocycles. The van der Waals surface area contributed by atoms with Crippen LogP contribution in [-0.2, 0) is 23.3 Å². The Morgan fingerprint density at radius 2 is 1.84 bits per heavy atom. The Bertz CT molecular complexity index is 783. The lowest BCUT2D eigenvalue weighted by molar-refractivity contribution is 0.536. The minimum Gasteiger partial charge on any atom is -0.772 e. The predicted molar refractivity (Wildman–Crippen MR) is 105 cm³/mol. The fraction of sp³-hybridized carbons (Fsp3) is 0.350. The zero-order chi connectivity index (χ0) is 18.4. The Hall–Kier alpha value is -1.98. The summed E-state index contributed by atoms with van der Waals surface area (Å²) in [6, 6.07) is 12.4. The average molecular weight is 357 g/mol. The van der Waals surface area contributed by atoms with Crippen LogP contribution in [0, 0.1) is 13.8 Å². The highest BCUT2D eigenvalue weighted by atomic mass is 32.2. The molecule has 0 aromatic heterocycles. The molecule has 25 heavy (non-hydrogen) atoms. The highest BCUT2D eigenvalue weighted by Gasteiger charge is 2.10. The van der Waals surface area contributed by atoms with Crippen molar-refractivity contribution in [1.82, 2.24) is 0 Å². The Balaban J connectivity index is 2.38. The minimum atomic E-state index is -2.14. The summed E-state index contributed by atoms with van der Waals surface area (Å²) in [7, 11) is 1.73. The van der Waals surface area contributed by atoms with Gasteiger partial charge in [-0.05, 0) is 48.6 Å². The van der Waals surface area contributed by atoms with Gasteiger partial charge in [-0.25, -0.2) is 0 Å². The van der Waals surface area contributed by atoms with Gasteiger partial charge in [0.2, 0.25) is 0 Å². The summed E-state index contributed by atoms with van der Waals surface area (Å²) in [4.78, 5) is 4.20. The van der Waals surface area contributed by atoms with Gasteiger partial charge in [0.05, 0.1) is 0 Å². The van der Waals surface area contributed by atoms with Gasteiger partial charge in [-0.1, -0.05) is 53.9 Å². The largest absolute Gasteiger partial charge is 0.772 e. The van der Waals surface area contributed by atoms with E-state index in [0.29, 0.717) is 0 Å². The molecule has 2 aromatic carbocycles. The summed E-state index contributed by atoms with van der Waals surface area (Å²) in [6.07, 6.45) is 1.55. The van der Waals surface area contributed by atoms with E-state index in [1.807, 2.05) is 19.1 Å². The van der Waals surface area contributed by atoms with E-state index < -0.39 is 11.1 Å². The topological polar surface area (TPSA) is 64.5 Å². The number of aryl methyl sites for hydroxylation is 2. The van der Waals surface area contributed by atoms with Crippen molar-refractivity contribution in [2.75, 3.05) is 12.4 Å². The number of hydrogen-bond donors (Lipinski definition) is 1. The number of nitrogens with one attached hydrogen (secondary N) is 1. The van der Waals surface area contributed by atoms with Gasteiger partial charge in [0.15, 0.2) is 0 Å². The molecule has 0 radical (unpaired) electrons. The van der Waals surface area contributed by atoms with E-state index >= 15 is 0 Å². The molecule has 0 saturated carbocycles. The second-order valence-electron chi connectivity index (χ2n) is 6.20. The standard InChI is InChI=1S/C20H26N2O2S/c1-5-20(21-4)22-19-10-15(3)17(12-18(19)13-25(23)24)11-16-8-6-14(2)7-9-16/h6-10,12H,5,11,13H2,1-4H3,(H,21,22)(H,23,24)/p-1. The smallest absolute Gasteiger partial charge is 0.100 e. The van der Waals surface area contributed by atoms with Crippen molar-refractivity contribution in [3.8, 4) is 0 Å². The number of rotatable bonds is 6. The van der Waals surface area contributed by atoms with Gasteiger partial charge in [-0.3, -0.25) is 9.20 Å². The maximum absolute atomic E-state index is 11.3. The Labute approximate surface area is 152 Å². The van der Waals surface area contributed by atoms with E-state index in [-0.39, 0.29) is 5.75 Å². The summed E-state index contributed by atoms with van der Waals surface area (Å²) >= 11 is -2.14. The van der Waals surface area contributed by atoms with E-state index in [1.54, 1.807) is 7.05 Å². The maximum Gasteiger partial charge on any atom is 0.100 e. The summed E-state index contributed by atoms with van der Waals surface area (Å²) in [5.41, 5.74) is 6.31. The first-order valence-corrected chi connectivity index (χ1v) is 9.63. The predicted octanol–water partition coefficient (Wildman–Crippen LogP) is 4.12. The molecule has 0 aliphatic heterocycles. The van der Waals surface area contributed by atoms with E-state index in [4.69, 9.17) is 0 Å². The van der Waals surface area contributed by atoms with Crippen molar-refractivity contribution >= 4 is 22.6 Å². The number of benzene rings is 2. The van der Waals surface area contributed by atoms with Crippen LogP contribution in [0.2, 0.25) is 0 Å². The second kappa shape index (κ2) is 8.92. The van der Waals surface area contributed by atoms with Crippen molar-refractivity contribution in [1.29, 1.82) is 0 Å². The van der Waals surface area contributed by atoms with Crippen LogP contribution in [0.3, 0.4) is 0 Å². The normalized spacial score (nSPS) is 12.9. The average Bonchev–Trinajstić information content (AvgIpc) is 2.57. The van der Waals surface area contributed by atoms with Gasteiger partial charge in [-0.15, -0.1) is 0 Å². The van der Waals surface area contributed by atoms with Crippen molar-refractivity contribution in [2.24, 2.45) is 4.99 Å². The molecule has 0 saturated heterocycles. The van der Waals surface area contributed by atoms with E-state index in [1.165, 1.54) is 11.1 Å². The van der Waals surface area contributed by atoms with Gasteiger partial charge in [0.25, 0.3) is 0 Å². The van der Waals surface area contributed by atoms with Crippen molar-refractivity contribution in [3.63, 3.8) is 0 Å². The summed E-state index contributed by atoms with van der Waals surface area (Å²) < 4.78 is 22.6. The molecule has 1 unspecified atom stereocenters. The Morgan fingerprint density at radius 1 is 1.16 bits per heavy atom. The van der Waals surface area contributed by atoms with Gasteiger partial charge in [-0.2, -0.15) is 0 Å². The molecule has 0 bridgehead atoms. The first kappa shape index (κ1) is 19.3. The lowest BCUT2D eigenvalue weighted by Crippen LogP contribution is -2.13. The lowest BCUT2D eigenvalue weighted by Gasteiger charge is -2.18. The molecular formula is C20H25N2O2S-.